The molecule has 4 aromatic heterocycles. The Morgan fingerprint density at radius 1 is 1.15 bits per heavy atom. The zero-order valence-electron chi connectivity index (χ0n) is 21.7. The van der Waals surface area contributed by atoms with Crippen molar-refractivity contribution in [3.8, 4) is 11.1 Å². The lowest BCUT2D eigenvalue weighted by atomic mass is 9.97. The molecule has 4 aromatic rings. The summed E-state index contributed by atoms with van der Waals surface area (Å²) in [6.45, 7) is 2.32. The second kappa shape index (κ2) is 11.0. The summed E-state index contributed by atoms with van der Waals surface area (Å²) in [7, 11) is 1.61. The van der Waals surface area contributed by atoms with Gasteiger partial charge < -0.3 is 14.5 Å². The van der Waals surface area contributed by atoms with E-state index in [2.05, 4.69) is 20.3 Å². The molecule has 1 N–H and O–H groups in total. The number of nitrogens with one attached hydrogen (secondary N) is 1. The van der Waals surface area contributed by atoms with Crippen LogP contribution >= 0.6 is 0 Å². The van der Waals surface area contributed by atoms with Crippen LogP contribution in [-0.4, -0.2) is 43.3 Å². The fraction of sp³-hybridized carbons (Fsp3) is 0.286. The first-order valence-corrected chi connectivity index (χ1v) is 12.7. The van der Waals surface area contributed by atoms with Gasteiger partial charge in [0.05, 0.1) is 11.3 Å². The number of aldehydes is 1. The molecule has 0 radical (unpaired) electrons. The van der Waals surface area contributed by atoms with Crippen LogP contribution in [0.1, 0.15) is 40.2 Å². The van der Waals surface area contributed by atoms with E-state index in [1.54, 1.807) is 44.6 Å². The molecule has 0 aliphatic heterocycles. The first-order chi connectivity index (χ1) is 18.9. The highest BCUT2D eigenvalue weighted by Gasteiger charge is 2.24. The van der Waals surface area contributed by atoms with Crippen molar-refractivity contribution in [2.45, 2.75) is 39.2 Å². The first-order valence-electron chi connectivity index (χ1n) is 12.7. The summed E-state index contributed by atoms with van der Waals surface area (Å²) in [5.41, 5.74) is 3.55. The molecule has 4 heterocycles. The van der Waals surface area contributed by atoms with Crippen LogP contribution in [0, 0.1) is 12.7 Å². The van der Waals surface area contributed by atoms with Crippen LogP contribution in [-0.2, 0) is 31.2 Å². The first kappa shape index (κ1) is 26.0. The monoisotopic (exact) mass is 529 g/mol. The van der Waals surface area contributed by atoms with Gasteiger partial charge in [-0.15, -0.1) is 0 Å². The summed E-state index contributed by atoms with van der Waals surface area (Å²) in [5.74, 6) is 0.462. The van der Waals surface area contributed by atoms with Crippen molar-refractivity contribution < 1.29 is 14.0 Å². The molecule has 0 aromatic carbocycles. The third-order valence-electron chi connectivity index (χ3n) is 7.14. The molecule has 0 unspecified atom stereocenters. The summed E-state index contributed by atoms with van der Waals surface area (Å²) in [6, 6.07) is 4.91. The summed E-state index contributed by atoms with van der Waals surface area (Å²) in [6.07, 6.45) is 10.8. The quantitative estimate of drug-likeness (QED) is 0.330. The maximum Gasteiger partial charge on any atom is 0.274 e. The van der Waals surface area contributed by atoms with Crippen molar-refractivity contribution in [2.24, 2.45) is 7.05 Å². The van der Waals surface area contributed by atoms with Crippen molar-refractivity contribution >= 4 is 30.0 Å². The lowest BCUT2D eigenvalue weighted by Gasteiger charge is -2.22. The number of anilines is 3. The highest BCUT2D eigenvalue weighted by Crippen LogP contribution is 2.31. The molecule has 0 bridgehead atoms. The van der Waals surface area contributed by atoms with Crippen LogP contribution in [0.5, 0.6) is 0 Å². The summed E-state index contributed by atoms with van der Waals surface area (Å²) in [5, 5.41) is 2.99. The van der Waals surface area contributed by atoms with Crippen molar-refractivity contribution in [3.05, 3.63) is 81.8 Å². The minimum absolute atomic E-state index is 0.169. The number of halogens is 1. The number of aryl methyl sites for hydroxylation is 1. The Morgan fingerprint density at radius 3 is 2.72 bits per heavy atom. The van der Waals surface area contributed by atoms with Crippen LogP contribution in [0.15, 0.2) is 47.9 Å². The molecule has 0 fully saturated rings. The molecule has 5 rings (SSSR count). The van der Waals surface area contributed by atoms with Gasteiger partial charge in [0, 0.05) is 55.5 Å². The van der Waals surface area contributed by atoms with Gasteiger partial charge in [0.25, 0.3) is 5.56 Å². The van der Waals surface area contributed by atoms with Gasteiger partial charge in [0.2, 0.25) is 6.41 Å². The molecule has 10 nitrogen and oxygen atoms in total. The normalized spacial score (nSPS) is 12.6. The van der Waals surface area contributed by atoms with E-state index in [-0.39, 0.29) is 35.0 Å². The number of fused-ring (bicyclic) bond motifs is 1. The number of rotatable bonds is 9. The minimum atomic E-state index is -0.286. The number of amides is 1. The number of hydrogen-bond donors (Lipinski definition) is 1. The van der Waals surface area contributed by atoms with Crippen LogP contribution in [0.4, 0.5) is 21.7 Å². The van der Waals surface area contributed by atoms with Crippen molar-refractivity contribution in [1.82, 2.24) is 24.1 Å². The highest BCUT2D eigenvalue weighted by molar-refractivity contribution is 5.96. The largest absolute Gasteiger partial charge is 0.344 e. The van der Waals surface area contributed by atoms with Crippen LogP contribution in [0.25, 0.3) is 11.1 Å². The molecule has 1 aliphatic carbocycles. The van der Waals surface area contributed by atoms with Crippen LogP contribution < -0.4 is 15.8 Å². The topological polar surface area (TPSA) is 115 Å². The molecule has 0 saturated heterocycles. The van der Waals surface area contributed by atoms with E-state index in [4.69, 9.17) is 0 Å². The Labute approximate surface area is 224 Å². The Balaban J connectivity index is 1.48. The predicted molar refractivity (Wildman–Crippen MR) is 145 cm³/mol. The molecule has 1 amide bonds. The third kappa shape index (κ3) is 4.95. The number of nitrogens with zero attached hydrogens (tertiary/aromatic N) is 6. The molecule has 0 saturated carbocycles. The van der Waals surface area contributed by atoms with Gasteiger partial charge in [-0.05, 0) is 56.4 Å². The second-order valence-corrected chi connectivity index (χ2v) is 9.47. The second-order valence-electron chi connectivity index (χ2n) is 9.47. The molecular weight excluding hydrogens is 501 g/mol. The number of pyridine rings is 2. The molecular formula is C28H28FN7O3. The standard InChI is InChI=1S/C28H28FN7O3/c1-18-26(29)21-5-3-4-6-24(21)36(18)12-11-35(17-38)27-22(15-37)20(7-10-31-27)19-13-23(28(39)34(2)14-19)33-25-8-9-30-16-32-25/h7-10,13-17H,3-6,11-12H2,1-2H3,(H,30,32,33). The Hall–Kier alpha value is -4.67. The third-order valence-corrected chi connectivity index (χ3v) is 7.14. The van der Waals surface area contributed by atoms with Crippen LogP contribution in [0.2, 0.25) is 0 Å². The van der Waals surface area contributed by atoms with E-state index in [9.17, 15) is 18.8 Å². The Morgan fingerprint density at radius 2 is 1.97 bits per heavy atom. The lowest BCUT2D eigenvalue weighted by molar-refractivity contribution is -0.107. The van der Waals surface area contributed by atoms with Gasteiger partial charge in [-0.25, -0.2) is 19.3 Å². The van der Waals surface area contributed by atoms with Gasteiger partial charge >= 0.3 is 0 Å². The number of aromatic nitrogens is 5. The smallest absolute Gasteiger partial charge is 0.274 e. The van der Waals surface area contributed by atoms with E-state index in [1.807, 2.05) is 4.57 Å². The molecule has 1 aliphatic rings. The Bertz CT molecular complexity index is 1600. The van der Waals surface area contributed by atoms with E-state index in [0.29, 0.717) is 41.9 Å². The van der Waals surface area contributed by atoms with E-state index in [1.165, 1.54) is 22.0 Å². The van der Waals surface area contributed by atoms with Crippen molar-refractivity contribution in [2.75, 3.05) is 16.8 Å². The van der Waals surface area contributed by atoms with Gasteiger partial charge in [0.15, 0.2) is 6.29 Å². The van der Waals surface area contributed by atoms with Crippen molar-refractivity contribution in [3.63, 3.8) is 0 Å². The zero-order chi connectivity index (χ0) is 27.5. The van der Waals surface area contributed by atoms with E-state index >= 15 is 0 Å². The molecule has 0 atom stereocenters. The average molecular weight is 530 g/mol. The van der Waals surface area contributed by atoms with E-state index < -0.39 is 0 Å². The number of hydrogen-bond acceptors (Lipinski definition) is 7. The fourth-order valence-corrected chi connectivity index (χ4v) is 5.19. The van der Waals surface area contributed by atoms with Gasteiger partial charge in [-0.1, -0.05) is 0 Å². The van der Waals surface area contributed by atoms with Gasteiger partial charge in [-0.3, -0.25) is 19.3 Å². The Kier molecular flexibility index (Phi) is 7.31. The maximum absolute atomic E-state index is 14.8. The maximum atomic E-state index is 14.8. The number of carbonyl (C=O) groups is 2. The summed E-state index contributed by atoms with van der Waals surface area (Å²) >= 11 is 0. The SMILES string of the molecule is Cc1c(F)c2c(n1CCN(C=O)c1nccc(-c3cc(Nc4ccncn4)c(=O)n(C)c3)c1C=O)CCCC2. The molecule has 200 valence electrons. The predicted octanol–water partition coefficient (Wildman–Crippen LogP) is 3.58. The molecule has 11 heteroatoms. The summed E-state index contributed by atoms with van der Waals surface area (Å²) < 4.78 is 18.2. The molecule has 39 heavy (non-hydrogen) atoms. The highest BCUT2D eigenvalue weighted by atomic mass is 19.1. The van der Waals surface area contributed by atoms with Crippen molar-refractivity contribution in [1.29, 1.82) is 0 Å². The summed E-state index contributed by atoms with van der Waals surface area (Å²) in [4.78, 5) is 51.0. The minimum Gasteiger partial charge on any atom is -0.344 e. The average Bonchev–Trinajstić information content (AvgIpc) is 3.21. The van der Waals surface area contributed by atoms with Gasteiger partial charge in [0.1, 0.15) is 29.5 Å². The van der Waals surface area contributed by atoms with E-state index in [0.717, 1.165) is 36.9 Å². The lowest BCUT2D eigenvalue weighted by Crippen LogP contribution is -2.29. The van der Waals surface area contributed by atoms with Gasteiger partial charge in [-0.2, -0.15) is 0 Å². The van der Waals surface area contributed by atoms with Crippen LogP contribution in [0.3, 0.4) is 0 Å². The molecule has 0 spiro atoms. The fourth-order valence-electron chi connectivity index (χ4n) is 5.19. The number of carbonyl (C=O) groups excluding carboxylic acids is 2. The zero-order valence-corrected chi connectivity index (χ0v) is 21.7.